The molecule has 1 fully saturated rings. The lowest BCUT2D eigenvalue weighted by atomic mass is 10.0. The van der Waals surface area contributed by atoms with Crippen molar-refractivity contribution < 1.29 is 19.1 Å². The smallest absolute Gasteiger partial charge is 0.413 e. The van der Waals surface area contributed by atoms with Crippen LogP contribution in [0, 0.1) is 0 Å². The normalized spacial score (nSPS) is 13.9. The van der Waals surface area contributed by atoms with Gasteiger partial charge in [0.15, 0.2) is 5.82 Å². The van der Waals surface area contributed by atoms with Crippen molar-refractivity contribution in [2.45, 2.75) is 13.5 Å². The fourth-order valence-corrected chi connectivity index (χ4v) is 4.51. The van der Waals surface area contributed by atoms with Gasteiger partial charge in [0.2, 0.25) is 11.9 Å². The number of carbonyl (C=O) groups excluding carboxylic acids is 2. The van der Waals surface area contributed by atoms with Crippen LogP contribution in [0.25, 0.3) is 33.5 Å². The third-order valence-electron chi connectivity index (χ3n) is 6.43. The summed E-state index contributed by atoms with van der Waals surface area (Å²) in [6.07, 6.45) is 4.61. The number of nitrogens with one attached hydrogen (secondary N) is 2. The Morgan fingerprint density at radius 2 is 1.85 bits per heavy atom. The fourth-order valence-electron chi connectivity index (χ4n) is 4.51. The molecule has 4 heterocycles. The van der Waals surface area contributed by atoms with Gasteiger partial charge in [0.25, 0.3) is 0 Å². The summed E-state index contributed by atoms with van der Waals surface area (Å²) >= 11 is 0. The highest BCUT2D eigenvalue weighted by molar-refractivity contribution is 5.96. The second-order valence-corrected chi connectivity index (χ2v) is 9.05. The largest absolute Gasteiger partial charge is 0.450 e. The first kappa shape index (κ1) is 26.2. The minimum atomic E-state index is -0.586. The Labute approximate surface area is 225 Å². The lowest BCUT2D eigenvalue weighted by molar-refractivity contribution is -0.136. The Bertz CT molecular complexity index is 1430. The van der Waals surface area contributed by atoms with Crippen LogP contribution in [0.4, 0.5) is 10.7 Å². The summed E-state index contributed by atoms with van der Waals surface area (Å²) in [5, 5.41) is 2.62. The van der Waals surface area contributed by atoms with Gasteiger partial charge in [-0.15, -0.1) is 0 Å². The third kappa shape index (κ3) is 6.19. The Kier molecular flexibility index (Phi) is 8.04. The number of anilines is 1. The number of pyridine rings is 1. The van der Waals surface area contributed by atoms with E-state index >= 15 is 0 Å². The molecule has 12 heteroatoms. The van der Waals surface area contributed by atoms with Gasteiger partial charge in [-0.05, 0) is 36.8 Å². The molecule has 0 radical (unpaired) electrons. The molecule has 39 heavy (non-hydrogen) atoms. The number of aromatic amines is 1. The van der Waals surface area contributed by atoms with Crippen molar-refractivity contribution in [1.82, 2.24) is 34.7 Å². The number of H-pyrrole nitrogens is 1. The molecule has 3 aromatic heterocycles. The fraction of sp³-hybridized carbons (Fsp3) is 0.333. The van der Waals surface area contributed by atoms with Gasteiger partial charge in [0.05, 0.1) is 23.3 Å². The molecule has 2 amide bonds. The van der Waals surface area contributed by atoms with Crippen LogP contribution < -0.4 is 5.32 Å². The van der Waals surface area contributed by atoms with Crippen LogP contribution >= 0.6 is 0 Å². The Morgan fingerprint density at radius 3 is 2.54 bits per heavy atom. The van der Waals surface area contributed by atoms with Crippen molar-refractivity contribution in [3.63, 3.8) is 0 Å². The molecule has 0 atom stereocenters. The molecule has 4 aromatic rings. The van der Waals surface area contributed by atoms with Crippen LogP contribution in [-0.2, 0) is 20.8 Å². The molecule has 12 nitrogen and oxygen atoms in total. The zero-order chi connectivity index (χ0) is 27.2. The van der Waals surface area contributed by atoms with Crippen molar-refractivity contribution in [2.24, 2.45) is 0 Å². The average molecular weight is 531 g/mol. The average Bonchev–Trinajstić information content (AvgIpc) is 3.36. The van der Waals surface area contributed by atoms with Crippen molar-refractivity contribution in [2.75, 3.05) is 51.8 Å². The zero-order valence-electron chi connectivity index (χ0n) is 21.9. The van der Waals surface area contributed by atoms with E-state index in [0.29, 0.717) is 36.5 Å². The van der Waals surface area contributed by atoms with E-state index in [1.165, 1.54) is 7.11 Å². The number of hydrogen-bond acceptors (Lipinski definition) is 9. The lowest BCUT2D eigenvalue weighted by Gasteiger charge is -2.34. The summed E-state index contributed by atoms with van der Waals surface area (Å²) in [7, 11) is 1.53. The van der Waals surface area contributed by atoms with E-state index in [2.05, 4.69) is 30.2 Å². The van der Waals surface area contributed by atoms with Gasteiger partial charge < -0.3 is 19.4 Å². The van der Waals surface area contributed by atoms with Gasteiger partial charge in [-0.2, -0.15) is 0 Å². The first-order valence-corrected chi connectivity index (χ1v) is 12.7. The van der Waals surface area contributed by atoms with E-state index < -0.39 is 6.09 Å². The molecule has 1 saturated heterocycles. The molecule has 0 aliphatic carbocycles. The summed E-state index contributed by atoms with van der Waals surface area (Å²) in [5.41, 5.74) is 4.84. The minimum Gasteiger partial charge on any atom is -0.450 e. The predicted molar refractivity (Wildman–Crippen MR) is 145 cm³/mol. The van der Waals surface area contributed by atoms with Crippen molar-refractivity contribution in [3.8, 4) is 22.5 Å². The van der Waals surface area contributed by atoms with Crippen LogP contribution in [0.15, 0.2) is 48.9 Å². The number of amides is 2. The second kappa shape index (κ2) is 12.0. The molecular weight excluding hydrogens is 500 g/mol. The van der Waals surface area contributed by atoms with E-state index in [-0.39, 0.29) is 25.1 Å². The van der Waals surface area contributed by atoms with E-state index in [1.54, 1.807) is 25.4 Å². The summed E-state index contributed by atoms with van der Waals surface area (Å²) in [4.78, 5) is 49.3. The molecule has 1 aliphatic rings. The minimum absolute atomic E-state index is 0.0255. The molecule has 202 valence electrons. The molecule has 0 saturated carbocycles. The quantitative estimate of drug-likeness (QED) is 0.352. The number of rotatable bonds is 8. The monoisotopic (exact) mass is 530 g/mol. The SMILES string of the molecule is CCOC(=O)Nc1nc2cc(-c3ccc(CN4CCN(C(=O)COC)CC4)nc3)cc(-c3ncccn3)c2[nH]1. The molecule has 0 spiro atoms. The number of ether oxygens (including phenoxy) is 2. The van der Waals surface area contributed by atoms with Gasteiger partial charge in [-0.3, -0.25) is 20.0 Å². The zero-order valence-corrected chi connectivity index (χ0v) is 21.9. The number of aromatic nitrogens is 5. The third-order valence-corrected chi connectivity index (χ3v) is 6.43. The van der Waals surface area contributed by atoms with Gasteiger partial charge >= 0.3 is 6.09 Å². The van der Waals surface area contributed by atoms with Gasteiger partial charge in [-0.1, -0.05) is 6.07 Å². The molecule has 1 aliphatic heterocycles. The first-order valence-electron chi connectivity index (χ1n) is 12.7. The maximum absolute atomic E-state index is 12.0. The maximum atomic E-state index is 12.0. The Hall–Kier alpha value is -4.42. The highest BCUT2D eigenvalue weighted by atomic mass is 16.5. The van der Waals surface area contributed by atoms with Crippen LogP contribution in [0.1, 0.15) is 12.6 Å². The predicted octanol–water partition coefficient (Wildman–Crippen LogP) is 2.94. The molecular formula is C27H30N8O4. The number of fused-ring (bicyclic) bond motifs is 1. The van der Waals surface area contributed by atoms with Crippen LogP contribution in [-0.4, -0.2) is 93.2 Å². The van der Waals surface area contributed by atoms with Crippen molar-refractivity contribution in [1.29, 1.82) is 0 Å². The molecule has 0 bridgehead atoms. The highest BCUT2D eigenvalue weighted by Gasteiger charge is 2.21. The number of piperazine rings is 1. The Morgan fingerprint density at radius 1 is 1.05 bits per heavy atom. The van der Waals surface area contributed by atoms with E-state index in [0.717, 1.165) is 35.5 Å². The summed E-state index contributed by atoms with van der Waals surface area (Å²) < 4.78 is 9.93. The molecule has 1 aromatic carbocycles. The Balaban J connectivity index is 1.36. The molecule has 0 unspecified atom stereocenters. The van der Waals surface area contributed by atoms with Crippen molar-refractivity contribution in [3.05, 3.63) is 54.6 Å². The number of benzene rings is 1. The maximum Gasteiger partial charge on any atom is 0.413 e. The number of carbonyl (C=O) groups is 2. The highest BCUT2D eigenvalue weighted by Crippen LogP contribution is 2.32. The van der Waals surface area contributed by atoms with E-state index in [1.807, 2.05) is 35.4 Å². The lowest BCUT2D eigenvalue weighted by Crippen LogP contribution is -2.49. The van der Waals surface area contributed by atoms with Crippen LogP contribution in [0.3, 0.4) is 0 Å². The summed E-state index contributed by atoms with van der Waals surface area (Å²) in [5.74, 6) is 0.830. The van der Waals surface area contributed by atoms with Gasteiger partial charge in [-0.25, -0.2) is 19.7 Å². The van der Waals surface area contributed by atoms with E-state index in [9.17, 15) is 9.59 Å². The summed E-state index contributed by atoms with van der Waals surface area (Å²) in [6, 6.07) is 9.71. The topological polar surface area (TPSA) is 138 Å². The van der Waals surface area contributed by atoms with E-state index in [4.69, 9.17) is 14.5 Å². The first-order chi connectivity index (χ1) is 19.0. The van der Waals surface area contributed by atoms with Crippen LogP contribution in [0.2, 0.25) is 0 Å². The number of nitrogens with zero attached hydrogens (tertiary/aromatic N) is 6. The second-order valence-electron chi connectivity index (χ2n) is 9.05. The summed E-state index contributed by atoms with van der Waals surface area (Å²) in [6.45, 7) is 5.76. The van der Waals surface area contributed by atoms with Crippen LogP contribution in [0.5, 0.6) is 0 Å². The molecule has 2 N–H and O–H groups in total. The number of imidazole rings is 1. The van der Waals surface area contributed by atoms with Gasteiger partial charge in [0.1, 0.15) is 6.61 Å². The number of methoxy groups -OCH3 is 1. The van der Waals surface area contributed by atoms with Gasteiger partial charge in [0, 0.05) is 69.6 Å². The number of hydrogen-bond donors (Lipinski definition) is 2. The standard InChI is InChI=1S/C27H30N8O4/c1-3-39-27(37)33-26-31-22-14-19(13-21(24(22)32-26)25-28-7-4-8-29-25)18-5-6-20(30-15-18)16-34-9-11-35(12-10-34)23(36)17-38-2/h4-8,13-15H,3,9-12,16-17H2,1-2H3,(H2,31,32,33,37). The van der Waals surface area contributed by atoms with Crippen molar-refractivity contribution >= 4 is 29.0 Å². The molecule has 5 rings (SSSR count).